The van der Waals surface area contributed by atoms with Crippen LogP contribution in [0, 0.1) is 15.9 Å². The lowest BCUT2D eigenvalue weighted by molar-refractivity contribution is -0.384. The number of aromatic nitrogens is 3. The van der Waals surface area contributed by atoms with Gasteiger partial charge in [0.05, 0.1) is 10.6 Å². The van der Waals surface area contributed by atoms with Gasteiger partial charge in [0.1, 0.15) is 5.82 Å². The molecule has 0 unspecified atom stereocenters. The normalized spacial score (nSPS) is 14.9. The average Bonchev–Trinajstić information content (AvgIpc) is 3.26. The predicted molar refractivity (Wildman–Crippen MR) is 111 cm³/mol. The zero-order valence-corrected chi connectivity index (χ0v) is 17.6. The number of carbonyl (C=O) groups excluding carboxylic acids is 1. The molecule has 4 rings (SSSR count). The minimum absolute atomic E-state index is 0.0322. The first kappa shape index (κ1) is 23.3. The number of nitro benzene ring substituents is 1. The summed E-state index contributed by atoms with van der Waals surface area (Å²) < 4.78 is 55.1. The first-order valence-corrected chi connectivity index (χ1v) is 10.2. The molecule has 178 valence electrons. The highest BCUT2D eigenvalue weighted by Crippen LogP contribution is 2.33. The number of nitrogens with zero attached hydrogens (tertiary/aromatic N) is 6. The van der Waals surface area contributed by atoms with Gasteiger partial charge >= 0.3 is 6.18 Å². The van der Waals surface area contributed by atoms with Crippen molar-refractivity contribution in [2.24, 2.45) is 0 Å². The summed E-state index contributed by atoms with van der Waals surface area (Å²) in [5.74, 6) is -1.53. The molecule has 1 saturated heterocycles. The number of nitro groups is 1. The maximum Gasteiger partial charge on any atom is 0.435 e. The Kier molecular flexibility index (Phi) is 6.28. The van der Waals surface area contributed by atoms with Crippen LogP contribution in [-0.4, -0.2) is 61.8 Å². The van der Waals surface area contributed by atoms with Gasteiger partial charge in [-0.1, -0.05) is 17.3 Å². The van der Waals surface area contributed by atoms with Crippen molar-refractivity contribution in [2.45, 2.75) is 12.7 Å². The highest BCUT2D eigenvalue weighted by atomic mass is 19.4. The molecule has 0 bridgehead atoms. The van der Waals surface area contributed by atoms with E-state index < -0.39 is 34.2 Å². The Morgan fingerprint density at radius 2 is 1.74 bits per heavy atom. The Hall–Kier alpha value is -3.87. The van der Waals surface area contributed by atoms with E-state index >= 15 is 0 Å². The number of halogens is 4. The van der Waals surface area contributed by atoms with Crippen LogP contribution in [0.5, 0.6) is 0 Å². The maximum atomic E-state index is 13.8. The van der Waals surface area contributed by atoms with Crippen LogP contribution >= 0.6 is 0 Å². The van der Waals surface area contributed by atoms with E-state index in [1.807, 2.05) is 4.90 Å². The van der Waals surface area contributed by atoms with Crippen LogP contribution in [0.3, 0.4) is 0 Å². The van der Waals surface area contributed by atoms with Gasteiger partial charge in [0.2, 0.25) is 0 Å². The molecule has 1 aromatic heterocycles. The number of piperazine rings is 1. The SMILES string of the molecule is O=C(c1nnn(-c2ccc(F)cc2)c1C(F)(F)F)N1CCN(Cc2cccc([N+](=O)[O-])c2)CC1. The van der Waals surface area contributed by atoms with Crippen molar-refractivity contribution in [1.82, 2.24) is 24.8 Å². The quantitative estimate of drug-likeness (QED) is 0.317. The smallest absolute Gasteiger partial charge is 0.335 e. The number of hydrogen-bond donors (Lipinski definition) is 0. The minimum Gasteiger partial charge on any atom is -0.335 e. The zero-order chi connectivity index (χ0) is 24.5. The second-order valence-electron chi connectivity index (χ2n) is 7.67. The van der Waals surface area contributed by atoms with Crippen LogP contribution in [-0.2, 0) is 12.7 Å². The topological polar surface area (TPSA) is 97.4 Å². The number of non-ortho nitro benzene ring substituents is 1. The van der Waals surface area contributed by atoms with Gasteiger partial charge in [-0.3, -0.25) is 19.8 Å². The van der Waals surface area contributed by atoms with Gasteiger partial charge in [0.25, 0.3) is 11.6 Å². The molecule has 13 heteroatoms. The summed E-state index contributed by atoms with van der Waals surface area (Å²) in [6.45, 7) is 1.42. The minimum atomic E-state index is -4.92. The van der Waals surface area contributed by atoms with Gasteiger partial charge in [0.15, 0.2) is 11.4 Å². The molecular formula is C21H18F4N6O3. The summed E-state index contributed by atoms with van der Waals surface area (Å²) in [6.07, 6.45) is -4.92. The molecule has 2 aromatic carbocycles. The fourth-order valence-electron chi connectivity index (χ4n) is 3.73. The lowest BCUT2D eigenvalue weighted by Crippen LogP contribution is -2.48. The molecule has 0 aliphatic carbocycles. The van der Waals surface area contributed by atoms with E-state index in [0.717, 1.165) is 29.8 Å². The molecule has 0 atom stereocenters. The number of rotatable bonds is 5. The Bertz CT molecular complexity index is 1200. The van der Waals surface area contributed by atoms with Crippen molar-refractivity contribution in [1.29, 1.82) is 0 Å². The lowest BCUT2D eigenvalue weighted by Gasteiger charge is -2.34. The van der Waals surface area contributed by atoms with Crippen molar-refractivity contribution in [3.05, 3.63) is 81.4 Å². The standard InChI is InChI=1S/C21H18F4N6O3/c22-15-4-6-16(7-5-15)30-19(21(23,24)25)18(26-27-30)20(32)29-10-8-28(9-11-29)13-14-2-1-3-17(12-14)31(33)34/h1-7,12H,8-11,13H2. The van der Waals surface area contributed by atoms with Gasteiger partial charge < -0.3 is 4.90 Å². The van der Waals surface area contributed by atoms with Gasteiger partial charge in [-0.25, -0.2) is 9.07 Å². The van der Waals surface area contributed by atoms with E-state index in [4.69, 9.17) is 0 Å². The van der Waals surface area contributed by atoms with Crippen LogP contribution in [0.1, 0.15) is 21.7 Å². The maximum absolute atomic E-state index is 13.8. The first-order chi connectivity index (χ1) is 16.1. The number of carbonyl (C=O) groups is 1. The van der Waals surface area contributed by atoms with Gasteiger partial charge in [-0.2, -0.15) is 13.2 Å². The second kappa shape index (κ2) is 9.17. The van der Waals surface area contributed by atoms with Crippen molar-refractivity contribution >= 4 is 11.6 Å². The molecule has 9 nitrogen and oxygen atoms in total. The van der Waals surface area contributed by atoms with Crippen LogP contribution in [0.2, 0.25) is 0 Å². The van der Waals surface area contributed by atoms with Crippen LogP contribution in [0.25, 0.3) is 5.69 Å². The van der Waals surface area contributed by atoms with Gasteiger partial charge in [0, 0.05) is 44.9 Å². The van der Waals surface area contributed by atoms with E-state index in [1.54, 1.807) is 12.1 Å². The van der Waals surface area contributed by atoms with E-state index in [0.29, 0.717) is 24.3 Å². The molecule has 0 N–H and O–H groups in total. The van der Waals surface area contributed by atoms with Crippen molar-refractivity contribution in [3.8, 4) is 5.69 Å². The highest BCUT2D eigenvalue weighted by molar-refractivity contribution is 5.93. The highest BCUT2D eigenvalue weighted by Gasteiger charge is 2.43. The summed E-state index contributed by atoms with van der Waals surface area (Å²) in [5, 5.41) is 17.9. The van der Waals surface area contributed by atoms with Gasteiger partial charge in [-0.15, -0.1) is 5.10 Å². The molecular weight excluding hydrogens is 460 g/mol. The largest absolute Gasteiger partial charge is 0.435 e. The van der Waals surface area contributed by atoms with E-state index in [9.17, 15) is 32.5 Å². The number of amides is 1. The molecule has 0 saturated carbocycles. The average molecular weight is 478 g/mol. The summed E-state index contributed by atoms with van der Waals surface area (Å²) in [6, 6.07) is 10.4. The summed E-state index contributed by atoms with van der Waals surface area (Å²) in [5.41, 5.74) is -1.56. The Balaban J connectivity index is 1.48. The molecule has 1 aliphatic rings. The van der Waals surface area contributed by atoms with Crippen LogP contribution in [0.4, 0.5) is 23.2 Å². The third-order valence-electron chi connectivity index (χ3n) is 5.40. The summed E-state index contributed by atoms with van der Waals surface area (Å²) >= 11 is 0. The Morgan fingerprint density at radius 3 is 2.35 bits per heavy atom. The van der Waals surface area contributed by atoms with Crippen molar-refractivity contribution in [2.75, 3.05) is 26.2 Å². The van der Waals surface area contributed by atoms with Crippen LogP contribution in [0.15, 0.2) is 48.5 Å². The molecule has 34 heavy (non-hydrogen) atoms. The summed E-state index contributed by atoms with van der Waals surface area (Å²) in [7, 11) is 0. The third kappa shape index (κ3) is 4.88. The molecule has 1 amide bonds. The van der Waals surface area contributed by atoms with Gasteiger partial charge in [-0.05, 0) is 29.8 Å². The molecule has 0 radical (unpaired) electrons. The third-order valence-corrected chi connectivity index (χ3v) is 5.40. The second-order valence-corrected chi connectivity index (χ2v) is 7.67. The monoisotopic (exact) mass is 478 g/mol. The number of benzene rings is 2. The molecule has 2 heterocycles. The number of hydrogen-bond acceptors (Lipinski definition) is 6. The van der Waals surface area contributed by atoms with E-state index in [1.165, 1.54) is 17.0 Å². The van der Waals surface area contributed by atoms with E-state index in [2.05, 4.69) is 10.3 Å². The predicted octanol–water partition coefficient (Wildman–Crippen LogP) is 3.29. The van der Waals surface area contributed by atoms with Crippen molar-refractivity contribution < 1.29 is 27.3 Å². The Labute approximate surface area is 190 Å². The molecule has 3 aromatic rings. The van der Waals surface area contributed by atoms with E-state index in [-0.39, 0.29) is 24.5 Å². The molecule has 1 aliphatic heterocycles. The van der Waals surface area contributed by atoms with Crippen LogP contribution < -0.4 is 0 Å². The fraction of sp³-hybridized carbons (Fsp3) is 0.286. The summed E-state index contributed by atoms with van der Waals surface area (Å²) in [4.78, 5) is 26.6. The number of alkyl halides is 3. The lowest BCUT2D eigenvalue weighted by atomic mass is 10.1. The molecule has 0 spiro atoms. The first-order valence-electron chi connectivity index (χ1n) is 10.2. The molecule has 1 fully saturated rings. The fourth-order valence-corrected chi connectivity index (χ4v) is 3.73. The Morgan fingerprint density at radius 1 is 1.06 bits per heavy atom. The van der Waals surface area contributed by atoms with Crippen molar-refractivity contribution in [3.63, 3.8) is 0 Å². The zero-order valence-electron chi connectivity index (χ0n) is 17.6.